The molecule has 70 valence electrons. The van der Waals surface area contributed by atoms with E-state index in [4.69, 9.17) is 5.73 Å². The molecule has 0 aromatic heterocycles. The second-order valence-corrected chi connectivity index (χ2v) is 6.37. The zero-order valence-electron chi connectivity index (χ0n) is 7.07. The van der Waals surface area contributed by atoms with Gasteiger partial charge < -0.3 is 5.73 Å². The van der Waals surface area contributed by atoms with Gasteiger partial charge >= 0.3 is 0 Å². The van der Waals surface area contributed by atoms with E-state index in [-0.39, 0.29) is 11.3 Å². The summed E-state index contributed by atoms with van der Waals surface area (Å²) in [5.74, 6) is 0.761. The third-order valence-corrected chi connectivity index (χ3v) is 5.22. The van der Waals surface area contributed by atoms with E-state index in [1.807, 2.05) is 0 Å². The van der Waals surface area contributed by atoms with Crippen molar-refractivity contribution >= 4 is 9.84 Å². The van der Waals surface area contributed by atoms with Gasteiger partial charge in [-0.15, -0.1) is 0 Å². The van der Waals surface area contributed by atoms with Gasteiger partial charge in [-0.05, 0) is 31.6 Å². The molecule has 2 fully saturated rings. The Morgan fingerprint density at radius 1 is 1.17 bits per heavy atom. The van der Waals surface area contributed by atoms with E-state index in [0.29, 0.717) is 24.5 Å². The van der Waals surface area contributed by atoms with Crippen LogP contribution < -0.4 is 5.73 Å². The van der Waals surface area contributed by atoms with E-state index in [9.17, 15) is 8.42 Å². The summed E-state index contributed by atoms with van der Waals surface area (Å²) in [7, 11) is -2.77. The first-order chi connectivity index (χ1) is 5.59. The van der Waals surface area contributed by atoms with E-state index in [1.165, 1.54) is 0 Å². The van der Waals surface area contributed by atoms with Crippen LogP contribution in [0.25, 0.3) is 0 Å². The van der Waals surface area contributed by atoms with Crippen LogP contribution in [-0.2, 0) is 9.84 Å². The third kappa shape index (κ3) is 1.50. The average Bonchev–Trinajstić information content (AvgIpc) is 2.77. The maximum absolute atomic E-state index is 11.6. The van der Waals surface area contributed by atoms with Gasteiger partial charge in [0.2, 0.25) is 0 Å². The van der Waals surface area contributed by atoms with Crippen LogP contribution in [0, 0.1) is 5.92 Å². The van der Waals surface area contributed by atoms with Gasteiger partial charge in [-0.3, -0.25) is 0 Å². The topological polar surface area (TPSA) is 60.2 Å². The summed E-state index contributed by atoms with van der Waals surface area (Å²) in [5, 5.41) is -0.0961. The van der Waals surface area contributed by atoms with Gasteiger partial charge in [0.05, 0.1) is 11.0 Å². The van der Waals surface area contributed by atoms with Crippen molar-refractivity contribution < 1.29 is 8.42 Å². The lowest BCUT2D eigenvalue weighted by Crippen LogP contribution is -2.40. The Balaban J connectivity index is 2.15. The molecule has 1 heterocycles. The largest absolute Gasteiger partial charge is 0.328 e. The van der Waals surface area contributed by atoms with E-state index < -0.39 is 9.84 Å². The number of hydrogen-bond donors (Lipinski definition) is 1. The molecule has 1 saturated heterocycles. The summed E-state index contributed by atoms with van der Waals surface area (Å²) in [4.78, 5) is 0. The van der Waals surface area contributed by atoms with E-state index >= 15 is 0 Å². The van der Waals surface area contributed by atoms with Crippen molar-refractivity contribution in [3.05, 3.63) is 0 Å². The molecule has 0 amide bonds. The standard InChI is InChI=1S/C8H15NO2S/c9-7-3-4-12(10,11)8(5-7)6-1-2-6/h6-8H,1-5,9H2. The molecule has 2 rings (SSSR count). The molecule has 2 aliphatic rings. The van der Waals surface area contributed by atoms with Gasteiger partial charge in [-0.25, -0.2) is 8.42 Å². The first-order valence-electron chi connectivity index (χ1n) is 4.57. The van der Waals surface area contributed by atoms with Gasteiger partial charge in [0.15, 0.2) is 9.84 Å². The van der Waals surface area contributed by atoms with Crippen LogP contribution in [0.1, 0.15) is 25.7 Å². The summed E-state index contributed by atoms with van der Waals surface area (Å²) in [5.41, 5.74) is 5.75. The molecule has 1 aliphatic heterocycles. The number of sulfone groups is 1. The lowest BCUT2D eigenvalue weighted by Gasteiger charge is -2.26. The summed E-state index contributed by atoms with van der Waals surface area (Å²) < 4.78 is 23.1. The molecule has 0 aromatic carbocycles. The monoisotopic (exact) mass is 189 g/mol. The van der Waals surface area contributed by atoms with Crippen molar-refractivity contribution in [3.63, 3.8) is 0 Å². The molecule has 0 bridgehead atoms. The van der Waals surface area contributed by atoms with Crippen LogP contribution in [0.5, 0.6) is 0 Å². The number of nitrogens with two attached hydrogens (primary N) is 1. The molecule has 3 nitrogen and oxygen atoms in total. The van der Waals surface area contributed by atoms with Gasteiger partial charge in [-0.2, -0.15) is 0 Å². The van der Waals surface area contributed by atoms with Gasteiger partial charge in [-0.1, -0.05) is 0 Å². The van der Waals surface area contributed by atoms with Crippen molar-refractivity contribution in [1.29, 1.82) is 0 Å². The van der Waals surface area contributed by atoms with Gasteiger partial charge in [0.1, 0.15) is 0 Å². The fourth-order valence-electron chi connectivity index (χ4n) is 1.98. The Hall–Kier alpha value is -0.0900. The molecular weight excluding hydrogens is 174 g/mol. The summed E-state index contributed by atoms with van der Waals surface area (Å²) >= 11 is 0. The highest BCUT2D eigenvalue weighted by molar-refractivity contribution is 7.92. The Morgan fingerprint density at radius 2 is 1.83 bits per heavy atom. The van der Waals surface area contributed by atoms with Gasteiger partial charge in [0, 0.05) is 6.04 Å². The van der Waals surface area contributed by atoms with Crippen LogP contribution in [0.2, 0.25) is 0 Å². The first kappa shape index (κ1) is 8.51. The third-order valence-electron chi connectivity index (χ3n) is 2.92. The molecule has 2 N–H and O–H groups in total. The quantitative estimate of drug-likeness (QED) is 0.645. The number of rotatable bonds is 1. The van der Waals surface area contributed by atoms with Crippen LogP contribution in [-0.4, -0.2) is 25.5 Å². The predicted molar refractivity (Wildman–Crippen MR) is 47.5 cm³/mol. The summed E-state index contributed by atoms with van der Waals surface area (Å²) in [6.07, 6.45) is 3.55. The van der Waals surface area contributed by atoms with Crippen LogP contribution in [0.4, 0.5) is 0 Å². The molecule has 2 unspecified atom stereocenters. The SMILES string of the molecule is NC1CCS(=O)(=O)C(C2CC2)C1. The highest BCUT2D eigenvalue weighted by atomic mass is 32.2. The van der Waals surface area contributed by atoms with Crippen molar-refractivity contribution in [2.75, 3.05) is 5.75 Å². The van der Waals surface area contributed by atoms with E-state index in [2.05, 4.69) is 0 Å². The Labute approximate surface area is 73.2 Å². The average molecular weight is 189 g/mol. The maximum Gasteiger partial charge on any atom is 0.153 e. The van der Waals surface area contributed by atoms with Crippen molar-refractivity contribution in [1.82, 2.24) is 0 Å². The molecule has 1 aliphatic carbocycles. The molecule has 0 aromatic rings. The lowest BCUT2D eigenvalue weighted by molar-refractivity contribution is 0.481. The fourth-order valence-corrected chi connectivity index (χ4v) is 4.32. The zero-order valence-corrected chi connectivity index (χ0v) is 7.89. The molecule has 12 heavy (non-hydrogen) atoms. The molecule has 1 saturated carbocycles. The fraction of sp³-hybridized carbons (Fsp3) is 1.00. The van der Waals surface area contributed by atoms with Crippen LogP contribution in [0.15, 0.2) is 0 Å². The minimum Gasteiger partial charge on any atom is -0.328 e. The first-order valence-corrected chi connectivity index (χ1v) is 6.28. The minimum atomic E-state index is -2.77. The normalized spacial score (nSPS) is 41.1. The highest BCUT2D eigenvalue weighted by Crippen LogP contribution is 2.40. The zero-order chi connectivity index (χ0) is 8.77. The minimum absolute atomic E-state index is 0.0961. The van der Waals surface area contributed by atoms with E-state index in [1.54, 1.807) is 0 Å². The maximum atomic E-state index is 11.6. The van der Waals surface area contributed by atoms with E-state index in [0.717, 1.165) is 12.8 Å². The van der Waals surface area contributed by atoms with Crippen LogP contribution >= 0.6 is 0 Å². The van der Waals surface area contributed by atoms with Crippen molar-refractivity contribution in [2.24, 2.45) is 11.7 Å². The lowest BCUT2D eigenvalue weighted by atomic mass is 10.1. The Kier molecular flexibility index (Phi) is 1.92. The Morgan fingerprint density at radius 3 is 2.42 bits per heavy atom. The smallest absolute Gasteiger partial charge is 0.153 e. The summed E-state index contributed by atoms with van der Waals surface area (Å²) in [6, 6.07) is 0.124. The molecule has 2 atom stereocenters. The van der Waals surface area contributed by atoms with Crippen molar-refractivity contribution in [3.8, 4) is 0 Å². The highest BCUT2D eigenvalue weighted by Gasteiger charge is 2.42. The molecule has 0 spiro atoms. The predicted octanol–water partition coefficient (Wildman–Crippen LogP) is 0.301. The van der Waals surface area contributed by atoms with Crippen molar-refractivity contribution in [2.45, 2.75) is 37.0 Å². The van der Waals surface area contributed by atoms with Crippen LogP contribution in [0.3, 0.4) is 0 Å². The molecule has 0 radical (unpaired) electrons. The number of hydrogen-bond acceptors (Lipinski definition) is 3. The molecular formula is C8H15NO2S. The summed E-state index contributed by atoms with van der Waals surface area (Å²) in [6.45, 7) is 0. The Bertz CT molecular complexity index is 269. The molecule has 4 heteroatoms. The second kappa shape index (κ2) is 2.70. The second-order valence-electron chi connectivity index (χ2n) is 4.03. The van der Waals surface area contributed by atoms with Gasteiger partial charge in [0.25, 0.3) is 0 Å².